The van der Waals surface area contributed by atoms with E-state index >= 15 is 0 Å². The van der Waals surface area contributed by atoms with Crippen LogP contribution in [0.1, 0.15) is 6.42 Å². The van der Waals surface area contributed by atoms with Crippen LogP contribution in [0.15, 0.2) is 24.3 Å². The minimum absolute atomic E-state index is 0.816. The predicted octanol–water partition coefficient (Wildman–Crippen LogP) is 2.20. The molecule has 15 heavy (non-hydrogen) atoms. The summed E-state index contributed by atoms with van der Waals surface area (Å²) in [5.74, 6) is 0. The molecular weight excluding hydrogens is 188 g/mol. The number of methoxy groups -OCH3 is 1. The Kier molecular flexibility index (Phi) is 4.98. The van der Waals surface area contributed by atoms with E-state index < -0.39 is 0 Å². The first kappa shape index (κ1) is 11.9. The summed E-state index contributed by atoms with van der Waals surface area (Å²) in [6.45, 7) is 1.83. The van der Waals surface area contributed by atoms with Gasteiger partial charge in [-0.2, -0.15) is 0 Å². The van der Waals surface area contributed by atoms with Crippen LogP contribution >= 0.6 is 0 Å². The average Bonchev–Trinajstić information content (AvgIpc) is 2.29. The van der Waals surface area contributed by atoms with Crippen LogP contribution < -0.4 is 10.2 Å². The quantitative estimate of drug-likeness (QED) is 0.725. The number of hydrogen-bond donors (Lipinski definition) is 1. The second kappa shape index (κ2) is 6.30. The van der Waals surface area contributed by atoms with Gasteiger partial charge in [-0.3, -0.25) is 0 Å². The van der Waals surface area contributed by atoms with Crippen molar-refractivity contribution in [1.29, 1.82) is 0 Å². The van der Waals surface area contributed by atoms with Gasteiger partial charge in [0.05, 0.1) is 0 Å². The van der Waals surface area contributed by atoms with Gasteiger partial charge in [-0.15, -0.1) is 0 Å². The molecule has 0 aliphatic heterocycles. The second-order valence-electron chi connectivity index (χ2n) is 3.57. The zero-order valence-electron chi connectivity index (χ0n) is 9.79. The Labute approximate surface area is 92.0 Å². The van der Waals surface area contributed by atoms with E-state index in [9.17, 15) is 0 Å². The molecule has 1 N–H and O–H groups in total. The summed E-state index contributed by atoms with van der Waals surface area (Å²) < 4.78 is 5.03. The maximum atomic E-state index is 5.03. The molecule has 3 nitrogen and oxygen atoms in total. The van der Waals surface area contributed by atoms with E-state index in [1.807, 2.05) is 7.05 Å². The standard InChI is InChI=1S/C12H20N2O/c1-13-11-6-4-7-12(10-11)14(2)8-5-9-15-3/h4,6-7,10,13H,5,8-9H2,1-3H3. The van der Waals surface area contributed by atoms with Gasteiger partial charge < -0.3 is 15.0 Å². The third-order valence-electron chi connectivity index (χ3n) is 2.42. The molecule has 0 fully saturated rings. The Morgan fingerprint density at radius 2 is 2.20 bits per heavy atom. The molecule has 0 atom stereocenters. The number of benzene rings is 1. The third-order valence-corrected chi connectivity index (χ3v) is 2.42. The second-order valence-corrected chi connectivity index (χ2v) is 3.57. The monoisotopic (exact) mass is 208 g/mol. The van der Waals surface area contributed by atoms with Crippen molar-refractivity contribution >= 4 is 11.4 Å². The molecule has 1 rings (SSSR count). The molecule has 84 valence electrons. The van der Waals surface area contributed by atoms with E-state index in [1.165, 1.54) is 5.69 Å². The van der Waals surface area contributed by atoms with Crippen molar-refractivity contribution in [3.63, 3.8) is 0 Å². The predicted molar refractivity (Wildman–Crippen MR) is 65.8 cm³/mol. The summed E-state index contributed by atoms with van der Waals surface area (Å²) in [5.41, 5.74) is 2.38. The van der Waals surface area contributed by atoms with Crippen LogP contribution in [0.25, 0.3) is 0 Å². The molecule has 0 unspecified atom stereocenters. The molecule has 3 heteroatoms. The Hall–Kier alpha value is -1.22. The van der Waals surface area contributed by atoms with Crippen LogP contribution in [0.4, 0.5) is 11.4 Å². The lowest BCUT2D eigenvalue weighted by Crippen LogP contribution is -2.19. The fraction of sp³-hybridized carbons (Fsp3) is 0.500. The Bertz CT molecular complexity index is 289. The zero-order chi connectivity index (χ0) is 11.1. The van der Waals surface area contributed by atoms with E-state index in [2.05, 4.69) is 41.5 Å². The van der Waals surface area contributed by atoms with Gasteiger partial charge >= 0.3 is 0 Å². The average molecular weight is 208 g/mol. The summed E-state index contributed by atoms with van der Waals surface area (Å²) in [6, 6.07) is 8.39. The van der Waals surface area contributed by atoms with Gasteiger partial charge in [0.2, 0.25) is 0 Å². The van der Waals surface area contributed by atoms with E-state index in [4.69, 9.17) is 4.74 Å². The molecule has 0 amide bonds. The number of ether oxygens (including phenoxy) is 1. The van der Waals surface area contributed by atoms with Gasteiger partial charge in [0, 0.05) is 45.7 Å². The summed E-state index contributed by atoms with van der Waals surface area (Å²) in [6.07, 6.45) is 1.05. The number of hydrogen-bond acceptors (Lipinski definition) is 3. The zero-order valence-corrected chi connectivity index (χ0v) is 9.79. The summed E-state index contributed by atoms with van der Waals surface area (Å²) >= 11 is 0. The van der Waals surface area contributed by atoms with E-state index in [0.717, 1.165) is 25.3 Å². The molecule has 1 aromatic rings. The SMILES string of the molecule is CNc1cccc(N(C)CCCOC)c1. The topological polar surface area (TPSA) is 24.5 Å². The highest BCUT2D eigenvalue weighted by Crippen LogP contribution is 2.17. The fourth-order valence-electron chi connectivity index (χ4n) is 1.47. The van der Waals surface area contributed by atoms with Crippen molar-refractivity contribution in [3.05, 3.63) is 24.3 Å². The van der Waals surface area contributed by atoms with Crippen molar-refractivity contribution in [2.24, 2.45) is 0 Å². The largest absolute Gasteiger partial charge is 0.388 e. The lowest BCUT2D eigenvalue weighted by atomic mass is 10.2. The van der Waals surface area contributed by atoms with Crippen molar-refractivity contribution in [2.75, 3.05) is 44.6 Å². The van der Waals surface area contributed by atoms with Crippen molar-refractivity contribution < 1.29 is 4.74 Å². The van der Waals surface area contributed by atoms with Gasteiger partial charge in [-0.25, -0.2) is 0 Å². The van der Waals surface area contributed by atoms with Crippen LogP contribution in [0.3, 0.4) is 0 Å². The lowest BCUT2D eigenvalue weighted by molar-refractivity contribution is 0.196. The highest BCUT2D eigenvalue weighted by Gasteiger charge is 2.00. The molecular formula is C12H20N2O. The van der Waals surface area contributed by atoms with Crippen LogP contribution in [-0.4, -0.2) is 34.4 Å². The smallest absolute Gasteiger partial charge is 0.0479 e. The molecule has 0 aliphatic carbocycles. The first-order valence-electron chi connectivity index (χ1n) is 5.26. The summed E-state index contributed by atoms with van der Waals surface area (Å²) in [4.78, 5) is 2.24. The Morgan fingerprint density at radius 1 is 1.40 bits per heavy atom. The van der Waals surface area contributed by atoms with Gasteiger partial charge in [0.1, 0.15) is 0 Å². The molecule has 1 aromatic carbocycles. The number of nitrogens with one attached hydrogen (secondary N) is 1. The highest BCUT2D eigenvalue weighted by molar-refractivity contribution is 5.57. The molecule has 0 heterocycles. The molecule has 0 saturated heterocycles. The van der Waals surface area contributed by atoms with Crippen LogP contribution in [0.2, 0.25) is 0 Å². The normalized spacial score (nSPS) is 10.1. The van der Waals surface area contributed by atoms with Crippen molar-refractivity contribution in [1.82, 2.24) is 0 Å². The molecule has 0 radical (unpaired) electrons. The van der Waals surface area contributed by atoms with E-state index in [-0.39, 0.29) is 0 Å². The minimum atomic E-state index is 0.816. The number of nitrogens with zero attached hydrogens (tertiary/aromatic N) is 1. The first-order chi connectivity index (χ1) is 7.27. The van der Waals surface area contributed by atoms with Gasteiger partial charge in [0.15, 0.2) is 0 Å². The van der Waals surface area contributed by atoms with Crippen molar-refractivity contribution in [2.45, 2.75) is 6.42 Å². The lowest BCUT2D eigenvalue weighted by Gasteiger charge is -2.19. The summed E-state index contributed by atoms with van der Waals surface area (Å²) in [5, 5.41) is 3.14. The number of rotatable bonds is 6. The van der Waals surface area contributed by atoms with E-state index in [0.29, 0.717) is 0 Å². The molecule has 0 saturated carbocycles. The Balaban J connectivity index is 2.52. The molecule has 0 bridgehead atoms. The third kappa shape index (κ3) is 3.80. The maximum absolute atomic E-state index is 5.03. The molecule has 0 aliphatic rings. The molecule has 0 spiro atoms. The highest BCUT2D eigenvalue weighted by atomic mass is 16.5. The van der Waals surface area contributed by atoms with Crippen LogP contribution in [-0.2, 0) is 4.74 Å². The summed E-state index contributed by atoms with van der Waals surface area (Å²) in [7, 11) is 5.77. The van der Waals surface area contributed by atoms with Gasteiger partial charge in [-0.05, 0) is 24.6 Å². The van der Waals surface area contributed by atoms with Crippen molar-refractivity contribution in [3.8, 4) is 0 Å². The maximum Gasteiger partial charge on any atom is 0.0479 e. The van der Waals surface area contributed by atoms with Crippen LogP contribution in [0.5, 0.6) is 0 Å². The van der Waals surface area contributed by atoms with Gasteiger partial charge in [0.25, 0.3) is 0 Å². The van der Waals surface area contributed by atoms with E-state index in [1.54, 1.807) is 7.11 Å². The molecule has 0 aromatic heterocycles. The minimum Gasteiger partial charge on any atom is -0.388 e. The first-order valence-corrected chi connectivity index (χ1v) is 5.26. The number of anilines is 2. The van der Waals surface area contributed by atoms with Gasteiger partial charge in [-0.1, -0.05) is 6.07 Å². The van der Waals surface area contributed by atoms with Crippen LogP contribution in [0, 0.1) is 0 Å². The Morgan fingerprint density at radius 3 is 2.87 bits per heavy atom. The fourth-order valence-corrected chi connectivity index (χ4v) is 1.47.